The summed E-state index contributed by atoms with van der Waals surface area (Å²) in [5.41, 5.74) is 8.95. The highest BCUT2D eigenvalue weighted by Gasteiger charge is 2.24. The summed E-state index contributed by atoms with van der Waals surface area (Å²) >= 11 is 0. The van der Waals surface area contributed by atoms with Crippen LogP contribution < -0.4 is 16.4 Å². The number of hydrogen-bond acceptors (Lipinski definition) is 3. The molecule has 2 aromatic rings. The predicted octanol–water partition coefficient (Wildman–Crippen LogP) is 2.12. The average Bonchev–Trinajstić information content (AvgIpc) is 2.39. The third-order valence-electron chi connectivity index (χ3n) is 3.05. The van der Waals surface area contributed by atoms with E-state index in [0.29, 0.717) is 11.3 Å². The summed E-state index contributed by atoms with van der Waals surface area (Å²) in [5.74, 6) is -0.0856. The molecule has 18 heavy (non-hydrogen) atoms. The zero-order chi connectivity index (χ0) is 12.5. The molecule has 0 aliphatic carbocycles. The van der Waals surface area contributed by atoms with E-state index in [-0.39, 0.29) is 12.1 Å². The third kappa shape index (κ3) is 1.68. The monoisotopic (exact) mass is 239 g/mol. The van der Waals surface area contributed by atoms with E-state index in [1.54, 1.807) is 6.07 Å². The van der Waals surface area contributed by atoms with Gasteiger partial charge in [0.25, 0.3) is 5.91 Å². The molecular weight excluding hydrogens is 226 g/mol. The largest absolute Gasteiger partial charge is 0.398 e. The second-order valence-electron chi connectivity index (χ2n) is 4.23. The fourth-order valence-corrected chi connectivity index (χ4v) is 2.14. The van der Waals surface area contributed by atoms with Gasteiger partial charge in [0.1, 0.15) is 6.17 Å². The minimum atomic E-state index is -0.284. The number of benzene rings is 2. The van der Waals surface area contributed by atoms with Crippen molar-refractivity contribution in [1.82, 2.24) is 5.32 Å². The van der Waals surface area contributed by atoms with Crippen LogP contribution in [0, 0.1) is 0 Å². The van der Waals surface area contributed by atoms with E-state index < -0.39 is 0 Å². The first-order chi connectivity index (χ1) is 8.75. The van der Waals surface area contributed by atoms with Gasteiger partial charge in [-0.05, 0) is 18.2 Å². The van der Waals surface area contributed by atoms with Gasteiger partial charge in [-0.2, -0.15) is 0 Å². The zero-order valence-corrected chi connectivity index (χ0v) is 9.68. The molecule has 1 heterocycles. The van der Waals surface area contributed by atoms with E-state index in [9.17, 15) is 4.79 Å². The maximum atomic E-state index is 12.0. The Morgan fingerprint density at radius 3 is 2.50 bits per heavy atom. The highest BCUT2D eigenvalue weighted by atomic mass is 16.2. The second kappa shape index (κ2) is 4.07. The standard InChI is InChI=1S/C14H13N3O/c15-11-7-3-1-5-9(11)13-16-12-8-4-2-6-10(12)14(18)17-13/h1-8,13,16H,15H2,(H,17,18)/t13-/m0/s1. The van der Waals surface area contributed by atoms with Gasteiger partial charge in [-0.1, -0.05) is 30.3 Å². The van der Waals surface area contributed by atoms with Crippen molar-refractivity contribution < 1.29 is 4.79 Å². The summed E-state index contributed by atoms with van der Waals surface area (Å²) in [6.45, 7) is 0. The molecule has 0 radical (unpaired) electrons. The Morgan fingerprint density at radius 1 is 0.944 bits per heavy atom. The number of anilines is 2. The van der Waals surface area contributed by atoms with Crippen molar-refractivity contribution in [3.05, 3.63) is 59.7 Å². The molecule has 2 aromatic carbocycles. The van der Waals surface area contributed by atoms with Crippen LogP contribution in [0.25, 0.3) is 0 Å². The Labute approximate surface area is 105 Å². The maximum absolute atomic E-state index is 12.0. The van der Waals surface area contributed by atoms with Crippen LogP contribution in [-0.2, 0) is 0 Å². The number of para-hydroxylation sites is 2. The molecule has 4 heteroatoms. The third-order valence-corrected chi connectivity index (χ3v) is 3.05. The molecule has 0 spiro atoms. The molecule has 4 N–H and O–H groups in total. The topological polar surface area (TPSA) is 67.1 Å². The highest BCUT2D eigenvalue weighted by molar-refractivity contribution is 6.01. The van der Waals surface area contributed by atoms with E-state index in [0.717, 1.165) is 11.3 Å². The normalized spacial score (nSPS) is 17.6. The second-order valence-corrected chi connectivity index (χ2v) is 4.23. The van der Waals surface area contributed by atoms with Crippen LogP contribution in [0.2, 0.25) is 0 Å². The molecule has 90 valence electrons. The maximum Gasteiger partial charge on any atom is 0.255 e. The fraction of sp³-hybridized carbons (Fsp3) is 0.0714. The van der Waals surface area contributed by atoms with E-state index in [2.05, 4.69) is 10.6 Å². The van der Waals surface area contributed by atoms with Gasteiger partial charge in [0, 0.05) is 16.9 Å². The van der Waals surface area contributed by atoms with E-state index in [1.807, 2.05) is 42.5 Å². The van der Waals surface area contributed by atoms with Crippen molar-refractivity contribution in [3.8, 4) is 0 Å². The zero-order valence-electron chi connectivity index (χ0n) is 9.68. The smallest absolute Gasteiger partial charge is 0.255 e. The Hall–Kier alpha value is -2.49. The van der Waals surface area contributed by atoms with Gasteiger partial charge in [-0.15, -0.1) is 0 Å². The lowest BCUT2D eigenvalue weighted by atomic mass is 10.0. The molecule has 0 bridgehead atoms. The number of amides is 1. The molecule has 0 aromatic heterocycles. The first kappa shape index (κ1) is 10.7. The molecule has 4 nitrogen and oxygen atoms in total. The van der Waals surface area contributed by atoms with Crippen molar-refractivity contribution in [3.63, 3.8) is 0 Å². The van der Waals surface area contributed by atoms with Crippen molar-refractivity contribution in [2.75, 3.05) is 11.1 Å². The number of fused-ring (bicyclic) bond motifs is 1. The van der Waals surface area contributed by atoms with Gasteiger partial charge >= 0.3 is 0 Å². The van der Waals surface area contributed by atoms with Crippen LogP contribution in [0.1, 0.15) is 22.1 Å². The molecule has 0 saturated carbocycles. The highest BCUT2D eigenvalue weighted by Crippen LogP contribution is 2.28. The number of nitrogen functional groups attached to an aromatic ring is 1. The van der Waals surface area contributed by atoms with Crippen molar-refractivity contribution >= 4 is 17.3 Å². The number of nitrogens with two attached hydrogens (primary N) is 1. The van der Waals surface area contributed by atoms with Gasteiger partial charge in [0.15, 0.2) is 0 Å². The number of rotatable bonds is 1. The quantitative estimate of drug-likeness (QED) is 0.668. The number of carbonyl (C=O) groups is 1. The van der Waals surface area contributed by atoms with Crippen LogP contribution in [-0.4, -0.2) is 5.91 Å². The summed E-state index contributed by atoms with van der Waals surface area (Å²) in [4.78, 5) is 12.0. The Kier molecular flexibility index (Phi) is 2.41. The summed E-state index contributed by atoms with van der Waals surface area (Å²) < 4.78 is 0. The number of nitrogens with one attached hydrogen (secondary N) is 2. The summed E-state index contributed by atoms with van der Waals surface area (Å²) in [7, 11) is 0. The molecule has 0 fully saturated rings. The van der Waals surface area contributed by atoms with Gasteiger partial charge in [-0.3, -0.25) is 4.79 Å². The van der Waals surface area contributed by atoms with Crippen LogP contribution in [0.4, 0.5) is 11.4 Å². The van der Waals surface area contributed by atoms with Gasteiger partial charge < -0.3 is 16.4 Å². The Balaban J connectivity index is 2.00. The minimum Gasteiger partial charge on any atom is -0.398 e. The summed E-state index contributed by atoms with van der Waals surface area (Å²) in [6, 6.07) is 14.9. The van der Waals surface area contributed by atoms with E-state index >= 15 is 0 Å². The fourth-order valence-electron chi connectivity index (χ4n) is 2.14. The van der Waals surface area contributed by atoms with Gasteiger partial charge in [0.05, 0.1) is 5.56 Å². The summed E-state index contributed by atoms with van der Waals surface area (Å²) in [5, 5.41) is 6.17. The van der Waals surface area contributed by atoms with Crippen LogP contribution in [0.3, 0.4) is 0 Å². The number of hydrogen-bond donors (Lipinski definition) is 3. The predicted molar refractivity (Wildman–Crippen MR) is 71.1 cm³/mol. The molecule has 0 unspecified atom stereocenters. The molecule has 3 rings (SSSR count). The van der Waals surface area contributed by atoms with Crippen molar-refractivity contribution in [1.29, 1.82) is 0 Å². The Morgan fingerprint density at radius 2 is 1.67 bits per heavy atom. The molecule has 1 aliphatic rings. The van der Waals surface area contributed by atoms with E-state index in [4.69, 9.17) is 5.73 Å². The Bertz CT molecular complexity index is 609. The summed E-state index contributed by atoms with van der Waals surface area (Å²) in [6.07, 6.45) is -0.284. The molecular formula is C14H13N3O. The number of carbonyl (C=O) groups excluding carboxylic acids is 1. The van der Waals surface area contributed by atoms with Gasteiger partial charge in [-0.25, -0.2) is 0 Å². The van der Waals surface area contributed by atoms with Crippen LogP contribution in [0.15, 0.2) is 48.5 Å². The minimum absolute atomic E-state index is 0.0856. The van der Waals surface area contributed by atoms with Crippen molar-refractivity contribution in [2.24, 2.45) is 0 Å². The van der Waals surface area contributed by atoms with Crippen molar-refractivity contribution in [2.45, 2.75) is 6.17 Å². The van der Waals surface area contributed by atoms with Crippen LogP contribution in [0.5, 0.6) is 0 Å². The van der Waals surface area contributed by atoms with Gasteiger partial charge in [0.2, 0.25) is 0 Å². The molecule has 1 amide bonds. The SMILES string of the molecule is Nc1ccccc1[C@@H]1NC(=O)c2ccccc2N1. The lowest BCUT2D eigenvalue weighted by Crippen LogP contribution is -2.38. The molecule has 0 saturated heterocycles. The molecule has 1 atom stereocenters. The van der Waals surface area contributed by atoms with Crippen LogP contribution >= 0.6 is 0 Å². The first-order valence-corrected chi connectivity index (χ1v) is 5.76. The lowest BCUT2D eigenvalue weighted by Gasteiger charge is -2.28. The van der Waals surface area contributed by atoms with E-state index in [1.165, 1.54) is 0 Å². The average molecular weight is 239 g/mol. The first-order valence-electron chi connectivity index (χ1n) is 5.76. The molecule has 1 aliphatic heterocycles. The lowest BCUT2D eigenvalue weighted by molar-refractivity contribution is 0.0936.